The molecule has 0 heterocycles. The lowest BCUT2D eigenvalue weighted by atomic mass is 10.1. The fourth-order valence-corrected chi connectivity index (χ4v) is 1.74. The minimum absolute atomic E-state index is 0.173. The van der Waals surface area contributed by atoms with Gasteiger partial charge in [0.1, 0.15) is 6.61 Å². The van der Waals surface area contributed by atoms with E-state index in [-0.39, 0.29) is 12.3 Å². The maximum atomic E-state index is 13.6. The second kappa shape index (κ2) is 5.19. The molecule has 1 aromatic rings. The molecule has 0 spiro atoms. The van der Waals surface area contributed by atoms with E-state index in [1.807, 2.05) is 0 Å². The van der Waals surface area contributed by atoms with Crippen molar-refractivity contribution < 1.29 is 27.1 Å². The van der Waals surface area contributed by atoms with Crippen LogP contribution in [-0.2, 0) is 22.6 Å². The first-order valence-corrected chi connectivity index (χ1v) is 5.97. The highest BCUT2D eigenvalue weighted by atomic mass is 19.2. The average molecular weight is 276 g/mol. The molecule has 1 fully saturated rings. The maximum absolute atomic E-state index is 13.6. The van der Waals surface area contributed by atoms with Crippen molar-refractivity contribution in [3.8, 4) is 0 Å². The summed E-state index contributed by atoms with van der Waals surface area (Å²) in [5.74, 6) is -6.72. The van der Waals surface area contributed by atoms with Crippen molar-refractivity contribution in [3.63, 3.8) is 0 Å². The number of ether oxygens (including phenoxy) is 1. The van der Waals surface area contributed by atoms with Gasteiger partial charge in [-0.1, -0.05) is 6.92 Å². The van der Waals surface area contributed by atoms with Crippen molar-refractivity contribution in [2.24, 2.45) is 5.92 Å². The number of benzene rings is 1. The van der Waals surface area contributed by atoms with Gasteiger partial charge in [0, 0.05) is 5.56 Å². The molecule has 0 saturated heterocycles. The van der Waals surface area contributed by atoms with Crippen LogP contribution in [-0.4, -0.2) is 5.97 Å². The van der Waals surface area contributed by atoms with Crippen LogP contribution in [0.15, 0.2) is 0 Å². The molecule has 6 heteroatoms. The molecular weight excluding hydrogens is 264 g/mol. The Morgan fingerprint density at radius 2 is 1.53 bits per heavy atom. The highest BCUT2D eigenvalue weighted by molar-refractivity contribution is 5.74. The second-order valence-corrected chi connectivity index (χ2v) is 4.45. The van der Waals surface area contributed by atoms with Gasteiger partial charge in [-0.05, 0) is 19.3 Å². The monoisotopic (exact) mass is 276 g/mol. The quantitative estimate of drug-likeness (QED) is 0.479. The molecule has 1 aliphatic rings. The first-order chi connectivity index (χ1) is 8.97. The predicted molar refractivity (Wildman–Crippen MR) is 58.2 cm³/mol. The Morgan fingerprint density at radius 3 is 1.95 bits per heavy atom. The van der Waals surface area contributed by atoms with E-state index in [0.717, 1.165) is 0 Å². The van der Waals surface area contributed by atoms with Crippen molar-refractivity contribution in [3.05, 3.63) is 34.4 Å². The molecule has 2 rings (SSSR count). The van der Waals surface area contributed by atoms with E-state index in [9.17, 15) is 22.4 Å². The molecule has 2 nitrogen and oxygen atoms in total. The minimum atomic E-state index is -1.50. The molecule has 19 heavy (non-hydrogen) atoms. The third-order valence-electron chi connectivity index (χ3n) is 3.07. The van der Waals surface area contributed by atoms with Crippen molar-refractivity contribution in [2.75, 3.05) is 0 Å². The molecule has 0 amide bonds. The van der Waals surface area contributed by atoms with Gasteiger partial charge in [0.15, 0.2) is 23.3 Å². The van der Waals surface area contributed by atoms with Crippen LogP contribution >= 0.6 is 0 Å². The van der Waals surface area contributed by atoms with E-state index >= 15 is 0 Å². The zero-order valence-corrected chi connectivity index (χ0v) is 10.2. The smallest absolute Gasteiger partial charge is 0.309 e. The van der Waals surface area contributed by atoms with Crippen LogP contribution in [0.5, 0.6) is 0 Å². The molecule has 1 aliphatic carbocycles. The highest BCUT2D eigenvalue weighted by Crippen LogP contribution is 2.31. The zero-order chi connectivity index (χ0) is 14.2. The first kappa shape index (κ1) is 13.8. The number of rotatable bonds is 4. The van der Waals surface area contributed by atoms with Gasteiger partial charge < -0.3 is 4.74 Å². The van der Waals surface area contributed by atoms with Gasteiger partial charge in [0.2, 0.25) is 0 Å². The molecule has 104 valence electrons. The Morgan fingerprint density at radius 1 is 1.05 bits per heavy atom. The van der Waals surface area contributed by atoms with E-state index in [4.69, 9.17) is 0 Å². The summed E-state index contributed by atoms with van der Waals surface area (Å²) in [5, 5.41) is 0. The molecule has 0 bridgehead atoms. The van der Waals surface area contributed by atoms with E-state index in [2.05, 4.69) is 4.74 Å². The maximum Gasteiger partial charge on any atom is 0.309 e. The molecule has 1 aromatic carbocycles. The van der Waals surface area contributed by atoms with Crippen LogP contribution in [0, 0.1) is 29.2 Å². The summed E-state index contributed by atoms with van der Waals surface area (Å²) >= 11 is 0. The Balaban J connectivity index is 2.26. The van der Waals surface area contributed by atoms with Gasteiger partial charge >= 0.3 is 5.97 Å². The van der Waals surface area contributed by atoms with Crippen molar-refractivity contribution >= 4 is 5.97 Å². The Labute approximate surface area is 107 Å². The lowest BCUT2D eigenvalue weighted by Crippen LogP contribution is -2.12. The highest BCUT2D eigenvalue weighted by Gasteiger charge is 2.32. The van der Waals surface area contributed by atoms with Crippen molar-refractivity contribution in [2.45, 2.75) is 32.8 Å². The van der Waals surface area contributed by atoms with Gasteiger partial charge in [-0.3, -0.25) is 4.79 Å². The standard InChI is InChI=1S/C13H12F4O2/c1-2-7-9(14)11(16)8(12(17)10(7)15)5-19-13(18)6-3-4-6/h6H,2-5H2,1H3. The fraction of sp³-hybridized carbons (Fsp3) is 0.462. The minimum Gasteiger partial charge on any atom is -0.460 e. The van der Waals surface area contributed by atoms with E-state index < -0.39 is 47.0 Å². The Hall–Kier alpha value is -1.59. The summed E-state index contributed by atoms with van der Waals surface area (Å²) in [5.41, 5.74) is -1.53. The summed E-state index contributed by atoms with van der Waals surface area (Å²) in [6, 6.07) is 0. The van der Waals surface area contributed by atoms with Gasteiger partial charge in [0.05, 0.1) is 11.5 Å². The number of hydrogen-bond donors (Lipinski definition) is 0. The average Bonchev–Trinajstić information content (AvgIpc) is 3.21. The lowest BCUT2D eigenvalue weighted by molar-refractivity contribution is -0.146. The van der Waals surface area contributed by atoms with E-state index in [0.29, 0.717) is 12.8 Å². The zero-order valence-electron chi connectivity index (χ0n) is 10.2. The Bertz CT molecular complexity index is 495. The summed E-state index contributed by atoms with van der Waals surface area (Å²) in [6.45, 7) is 0.581. The van der Waals surface area contributed by atoms with Crippen LogP contribution in [0.2, 0.25) is 0 Å². The number of halogens is 4. The summed E-state index contributed by atoms with van der Waals surface area (Å²) in [7, 11) is 0. The van der Waals surface area contributed by atoms with Crippen LogP contribution in [0.1, 0.15) is 30.9 Å². The molecular formula is C13H12F4O2. The third-order valence-corrected chi connectivity index (χ3v) is 3.07. The van der Waals surface area contributed by atoms with Crippen molar-refractivity contribution in [1.29, 1.82) is 0 Å². The van der Waals surface area contributed by atoms with Crippen LogP contribution < -0.4 is 0 Å². The predicted octanol–water partition coefficient (Wildman–Crippen LogP) is 3.26. The van der Waals surface area contributed by atoms with Gasteiger partial charge in [0.25, 0.3) is 0 Å². The number of carbonyl (C=O) groups excluding carboxylic acids is 1. The first-order valence-electron chi connectivity index (χ1n) is 5.97. The van der Waals surface area contributed by atoms with Crippen LogP contribution in [0.25, 0.3) is 0 Å². The molecule has 0 radical (unpaired) electrons. The van der Waals surface area contributed by atoms with Gasteiger partial charge in [-0.25, -0.2) is 17.6 Å². The molecule has 0 aromatic heterocycles. The summed E-state index contributed by atoms with van der Waals surface area (Å²) in [4.78, 5) is 11.2. The molecule has 0 aliphatic heterocycles. The number of hydrogen-bond acceptors (Lipinski definition) is 2. The number of carbonyl (C=O) groups is 1. The van der Waals surface area contributed by atoms with E-state index in [1.54, 1.807) is 0 Å². The molecule has 0 atom stereocenters. The van der Waals surface area contributed by atoms with Crippen molar-refractivity contribution in [1.82, 2.24) is 0 Å². The van der Waals surface area contributed by atoms with Gasteiger partial charge in [-0.2, -0.15) is 0 Å². The fourth-order valence-electron chi connectivity index (χ4n) is 1.74. The molecule has 0 unspecified atom stereocenters. The van der Waals surface area contributed by atoms with Gasteiger partial charge in [-0.15, -0.1) is 0 Å². The lowest BCUT2D eigenvalue weighted by Gasteiger charge is -2.11. The molecule has 0 N–H and O–H groups in total. The molecule has 1 saturated carbocycles. The summed E-state index contributed by atoms with van der Waals surface area (Å²) in [6.07, 6.45) is 1.16. The van der Waals surface area contributed by atoms with E-state index in [1.165, 1.54) is 6.92 Å². The topological polar surface area (TPSA) is 26.3 Å². The van der Waals surface area contributed by atoms with Crippen LogP contribution in [0.4, 0.5) is 17.6 Å². The largest absolute Gasteiger partial charge is 0.460 e. The second-order valence-electron chi connectivity index (χ2n) is 4.45. The number of esters is 1. The normalized spacial score (nSPS) is 14.6. The SMILES string of the molecule is CCc1c(F)c(F)c(COC(=O)C2CC2)c(F)c1F. The Kier molecular flexibility index (Phi) is 3.78. The van der Waals surface area contributed by atoms with Crippen LogP contribution in [0.3, 0.4) is 0 Å². The summed E-state index contributed by atoms with van der Waals surface area (Å²) < 4.78 is 58.8. The third kappa shape index (κ3) is 2.57.